The third-order valence-corrected chi connectivity index (χ3v) is 5.94. The highest BCUT2D eigenvalue weighted by Crippen LogP contribution is 2.12. The maximum Gasteiger partial charge on any atom is 0.249 e. The summed E-state index contributed by atoms with van der Waals surface area (Å²) in [6, 6.07) is -0.813. The number of aliphatic hydroxyl groups is 3. The molecule has 0 fully saturated rings. The molecule has 3 unspecified atom stereocenters. The molecule has 0 aliphatic heterocycles. The molecule has 5 nitrogen and oxygen atoms in total. The molecule has 1 amide bonds. The lowest BCUT2D eigenvalue weighted by atomic mass is 10.0. The van der Waals surface area contributed by atoms with E-state index < -0.39 is 24.2 Å². The van der Waals surface area contributed by atoms with Gasteiger partial charge in [0, 0.05) is 0 Å². The predicted octanol–water partition coefficient (Wildman–Crippen LogP) is 6.14. The molecule has 0 saturated carbocycles. The van der Waals surface area contributed by atoms with Crippen LogP contribution in [0.3, 0.4) is 0 Å². The Balaban J connectivity index is 3.98. The zero-order valence-corrected chi connectivity index (χ0v) is 22.0. The molecule has 0 aromatic rings. The van der Waals surface area contributed by atoms with Gasteiger partial charge in [-0.1, -0.05) is 115 Å². The lowest BCUT2D eigenvalue weighted by Crippen LogP contribution is -2.48. The second kappa shape index (κ2) is 24.7. The standard InChI is InChI=1S/C29H53NO4/c1-3-5-7-9-11-13-14-16-17-19-21-23-27(32)26(25-31)30-29(34)28(33)24-22-20-18-15-12-10-8-6-4-2/h7,9,14,16,21,23,26-28,31-33H,3-6,8,10-13,15,17-20,22,24-25H2,1-2H3,(H,30,34)/b9-7+,16-14+,23-21+. The summed E-state index contributed by atoms with van der Waals surface area (Å²) in [5, 5.41) is 32.5. The van der Waals surface area contributed by atoms with E-state index in [1.54, 1.807) is 6.08 Å². The van der Waals surface area contributed by atoms with Crippen LogP contribution < -0.4 is 5.32 Å². The molecular weight excluding hydrogens is 426 g/mol. The highest BCUT2D eigenvalue weighted by molar-refractivity contribution is 5.80. The van der Waals surface area contributed by atoms with Crippen molar-refractivity contribution >= 4 is 5.91 Å². The van der Waals surface area contributed by atoms with E-state index in [1.807, 2.05) is 6.08 Å². The Bertz CT molecular complexity index is 544. The minimum atomic E-state index is -1.10. The molecule has 34 heavy (non-hydrogen) atoms. The van der Waals surface area contributed by atoms with Crippen molar-refractivity contribution in [3.05, 3.63) is 36.5 Å². The number of aliphatic hydroxyl groups excluding tert-OH is 3. The Hall–Kier alpha value is -1.43. The second-order valence-corrected chi connectivity index (χ2v) is 9.24. The van der Waals surface area contributed by atoms with E-state index in [2.05, 4.69) is 43.5 Å². The molecule has 0 bridgehead atoms. The third-order valence-electron chi connectivity index (χ3n) is 5.94. The first-order chi connectivity index (χ1) is 16.6. The van der Waals surface area contributed by atoms with Crippen molar-refractivity contribution in [2.24, 2.45) is 0 Å². The molecule has 0 aromatic heterocycles. The van der Waals surface area contributed by atoms with Crippen molar-refractivity contribution in [2.45, 2.75) is 135 Å². The van der Waals surface area contributed by atoms with E-state index in [0.29, 0.717) is 6.42 Å². The van der Waals surface area contributed by atoms with Crippen LogP contribution in [0.15, 0.2) is 36.5 Å². The molecule has 0 aliphatic rings. The topological polar surface area (TPSA) is 89.8 Å². The molecule has 0 saturated heterocycles. The molecule has 3 atom stereocenters. The Labute approximate surface area is 209 Å². The fourth-order valence-corrected chi connectivity index (χ4v) is 3.69. The molecule has 0 spiro atoms. The number of rotatable bonds is 23. The van der Waals surface area contributed by atoms with Crippen LogP contribution in [0, 0.1) is 0 Å². The number of carbonyl (C=O) groups is 1. The summed E-state index contributed by atoms with van der Waals surface area (Å²) in [5.74, 6) is -0.526. The Morgan fingerprint density at radius 3 is 1.74 bits per heavy atom. The van der Waals surface area contributed by atoms with Gasteiger partial charge in [0.25, 0.3) is 0 Å². The van der Waals surface area contributed by atoms with E-state index in [0.717, 1.165) is 51.4 Å². The van der Waals surface area contributed by atoms with Gasteiger partial charge in [0.2, 0.25) is 5.91 Å². The minimum absolute atomic E-state index is 0.381. The summed E-state index contributed by atoms with van der Waals surface area (Å²) >= 11 is 0. The lowest BCUT2D eigenvalue weighted by molar-refractivity contribution is -0.131. The number of unbranched alkanes of at least 4 members (excludes halogenated alkanes) is 11. The quantitative estimate of drug-likeness (QED) is 0.105. The number of allylic oxidation sites excluding steroid dienone is 5. The van der Waals surface area contributed by atoms with Crippen molar-refractivity contribution in [3.8, 4) is 0 Å². The van der Waals surface area contributed by atoms with Crippen molar-refractivity contribution in [3.63, 3.8) is 0 Å². The van der Waals surface area contributed by atoms with Crippen molar-refractivity contribution in [1.29, 1.82) is 0 Å². The Kier molecular flexibility index (Phi) is 23.6. The van der Waals surface area contributed by atoms with Crippen molar-refractivity contribution in [1.82, 2.24) is 5.32 Å². The monoisotopic (exact) mass is 479 g/mol. The van der Waals surface area contributed by atoms with Crippen LogP contribution in [0.25, 0.3) is 0 Å². The summed E-state index contributed by atoms with van der Waals surface area (Å²) in [5.41, 5.74) is 0. The summed E-state index contributed by atoms with van der Waals surface area (Å²) in [4.78, 5) is 12.2. The van der Waals surface area contributed by atoms with Crippen LogP contribution in [0.2, 0.25) is 0 Å². The minimum Gasteiger partial charge on any atom is -0.394 e. The molecule has 4 N–H and O–H groups in total. The highest BCUT2D eigenvalue weighted by Gasteiger charge is 2.22. The zero-order chi connectivity index (χ0) is 25.3. The van der Waals surface area contributed by atoms with Crippen LogP contribution in [-0.4, -0.2) is 46.1 Å². The van der Waals surface area contributed by atoms with E-state index in [4.69, 9.17) is 0 Å². The normalized spacial score (nSPS) is 14.9. The van der Waals surface area contributed by atoms with Crippen molar-refractivity contribution in [2.75, 3.05) is 6.61 Å². The van der Waals surface area contributed by atoms with Gasteiger partial charge in [-0.3, -0.25) is 4.79 Å². The van der Waals surface area contributed by atoms with Crippen molar-refractivity contribution < 1.29 is 20.1 Å². The number of amides is 1. The first-order valence-corrected chi connectivity index (χ1v) is 13.8. The fourth-order valence-electron chi connectivity index (χ4n) is 3.69. The zero-order valence-electron chi connectivity index (χ0n) is 22.0. The number of carbonyl (C=O) groups excluding carboxylic acids is 1. The van der Waals surface area contributed by atoms with Gasteiger partial charge in [-0.25, -0.2) is 0 Å². The molecule has 0 aliphatic carbocycles. The molecule has 0 aromatic carbocycles. The van der Waals surface area contributed by atoms with Gasteiger partial charge in [-0.15, -0.1) is 0 Å². The first kappa shape index (κ1) is 32.6. The van der Waals surface area contributed by atoms with Gasteiger partial charge in [0.15, 0.2) is 0 Å². The third kappa shape index (κ3) is 20.0. The molecule has 0 radical (unpaired) electrons. The number of nitrogens with one attached hydrogen (secondary N) is 1. The van der Waals surface area contributed by atoms with Crippen LogP contribution in [0.4, 0.5) is 0 Å². The van der Waals surface area contributed by atoms with Gasteiger partial charge in [0.05, 0.1) is 18.8 Å². The maximum atomic E-state index is 12.2. The van der Waals surface area contributed by atoms with E-state index >= 15 is 0 Å². The first-order valence-electron chi connectivity index (χ1n) is 13.8. The molecular formula is C29H53NO4. The van der Waals surface area contributed by atoms with Gasteiger partial charge >= 0.3 is 0 Å². The van der Waals surface area contributed by atoms with Gasteiger partial charge in [-0.2, -0.15) is 0 Å². The van der Waals surface area contributed by atoms with Crippen LogP contribution >= 0.6 is 0 Å². The van der Waals surface area contributed by atoms with Gasteiger partial charge < -0.3 is 20.6 Å². The average Bonchev–Trinajstić information content (AvgIpc) is 2.84. The summed E-state index contributed by atoms with van der Waals surface area (Å²) < 4.78 is 0. The molecule has 0 heterocycles. The number of hydrogen-bond acceptors (Lipinski definition) is 4. The molecule has 0 rings (SSSR count). The van der Waals surface area contributed by atoms with Gasteiger partial charge in [-0.05, 0) is 38.5 Å². The summed E-state index contributed by atoms with van der Waals surface area (Å²) in [7, 11) is 0. The Morgan fingerprint density at radius 1 is 0.706 bits per heavy atom. The van der Waals surface area contributed by atoms with E-state index in [9.17, 15) is 20.1 Å². The van der Waals surface area contributed by atoms with E-state index in [-0.39, 0.29) is 6.61 Å². The lowest BCUT2D eigenvalue weighted by Gasteiger charge is -2.21. The fraction of sp³-hybridized carbons (Fsp3) is 0.759. The van der Waals surface area contributed by atoms with Crippen LogP contribution in [-0.2, 0) is 4.79 Å². The predicted molar refractivity (Wildman–Crippen MR) is 144 cm³/mol. The van der Waals surface area contributed by atoms with Gasteiger partial charge in [0.1, 0.15) is 6.10 Å². The van der Waals surface area contributed by atoms with E-state index in [1.165, 1.54) is 44.9 Å². The molecule has 198 valence electrons. The maximum absolute atomic E-state index is 12.2. The number of hydrogen-bond donors (Lipinski definition) is 4. The smallest absolute Gasteiger partial charge is 0.249 e. The second-order valence-electron chi connectivity index (χ2n) is 9.24. The highest BCUT2D eigenvalue weighted by atomic mass is 16.3. The van der Waals surface area contributed by atoms with Crippen LogP contribution in [0.1, 0.15) is 117 Å². The largest absolute Gasteiger partial charge is 0.394 e. The SMILES string of the molecule is CCC/C=C/CC/C=C/CC/C=C/C(O)C(CO)NC(=O)C(O)CCCCCCCCCCC. The van der Waals surface area contributed by atoms with Crippen LogP contribution in [0.5, 0.6) is 0 Å². The summed E-state index contributed by atoms with van der Waals surface area (Å²) in [6.07, 6.45) is 27.3. The average molecular weight is 480 g/mol. The summed E-state index contributed by atoms with van der Waals surface area (Å²) in [6.45, 7) is 4.01. The molecule has 5 heteroatoms. The Morgan fingerprint density at radius 2 is 1.21 bits per heavy atom.